The molecule has 1 aromatic rings. The topological polar surface area (TPSA) is 83.5 Å². The fraction of sp³-hybridized carbons (Fsp3) is 0.645. The first kappa shape index (κ1) is 30.1. The number of fused-ring (bicyclic) bond motifs is 5. The van der Waals surface area contributed by atoms with E-state index in [0.717, 1.165) is 50.4 Å². The maximum atomic E-state index is 12.6. The van der Waals surface area contributed by atoms with Crippen molar-refractivity contribution in [1.29, 1.82) is 0 Å². The molecule has 37 heavy (non-hydrogen) atoms. The van der Waals surface area contributed by atoms with Crippen molar-refractivity contribution in [2.75, 3.05) is 0 Å². The fourth-order valence-corrected chi connectivity index (χ4v) is 7.64. The zero-order valence-corrected chi connectivity index (χ0v) is 24.9. The van der Waals surface area contributed by atoms with Crippen LogP contribution in [0.1, 0.15) is 90.0 Å². The average molecular weight is 517 g/mol. The van der Waals surface area contributed by atoms with Gasteiger partial charge in [-0.05, 0) is 93.1 Å². The summed E-state index contributed by atoms with van der Waals surface area (Å²) in [6.07, 6.45) is 12.9. The van der Waals surface area contributed by atoms with Crippen LogP contribution in [0.2, 0.25) is 0 Å². The Hall–Kier alpha value is -1.43. The minimum Gasteiger partial charge on any atom is -0.550 e. The van der Waals surface area contributed by atoms with Gasteiger partial charge < -0.3 is 14.6 Å². The summed E-state index contributed by atoms with van der Waals surface area (Å²) in [6, 6.07) is 10.2. The molecule has 0 aromatic heterocycles. The van der Waals surface area contributed by atoms with E-state index in [2.05, 4.69) is 19.1 Å². The number of carboxylic acids is 1. The van der Waals surface area contributed by atoms with Crippen LogP contribution in [-0.2, 0) is 25.5 Å². The third kappa shape index (κ3) is 7.16. The zero-order valence-electron chi connectivity index (χ0n) is 22.9. The molecule has 1 aromatic carbocycles. The van der Waals surface area contributed by atoms with E-state index in [1.165, 1.54) is 30.4 Å². The molecule has 3 saturated carbocycles. The Balaban J connectivity index is 0.000000489. The van der Waals surface area contributed by atoms with Crippen molar-refractivity contribution < 1.29 is 53.8 Å². The van der Waals surface area contributed by atoms with Gasteiger partial charge in [0.15, 0.2) is 5.78 Å². The van der Waals surface area contributed by atoms with Crippen LogP contribution in [0.15, 0.2) is 42.0 Å². The van der Waals surface area contributed by atoms with Crippen LogP contribution in [0.25, 0.3) is 0 Å². The third-order valence-electron chi connectivity index (χ3n) is 9.40. The SMILES string of the molecule is CCCC(=O)[O-].C[C@]12CC[C@H]3[C@@H](CCC4=CC(=O)CC[C@@H]43)[C@@H]1CC[C@@H]2OC(=O)CCc1ccccc1.[Na+]. The molecule has 4 aliphatic rings. The predicted octanol–water partition coefficient (Wildman–Crippen LogP) is 2.21. The first-order valence-electron chi connectivity index (χ1n) is 14.0. The number of aliphatic carboxylic acids is 1. The van der Waals surface area contributed by atoms with Gasteiger partial charge in [0, 0.05) is 24.2 Å². The molecule has 4 aliphatic carbocycles. The molecule has 0 radical (unpaired) electrons. The van der Waals surface area contributed by atoms with Crippen molar-refractivity contribution in [1.82, 2.24) is 0 Å². The second-order valence-electron chi connectivity index (χ2n) is 11.5. The van der Waals surface area contributed by atoms with Gasteiger partial charge in [0.05, 0.1) is 0 Å². The van der Waals surface area contributed by atoms with Crippen LogP contribution in [-0.4, -0.2) is 23.8 Å². The van der Waals surface area contributed by atoms with Gasteiger partial charge in [-0.1, -0.05) is 56.2 Å². The second kappa shape index (κ2) is 13.6. The quantitative estimate of drug-likeness (QED) is 0.428. The normalized spacial score (nSPS) is 31.8. The smallest absolute Gasteiger partial charge is 0.550 e. The summed E-state index contributed by atoms with van der Waals surface area (Å²) in [6.45, 7) is 4.20. The molecule has 6 atom stereocenters. The molecular formula is C31H41NaO5. The first-order valence-corrected chi connectivity index (χ1v) is 14.0. The average Bonchev–Trinajstić information content (AvgIpc) is 3.19. The number of hydrogen-bond acceptors (Lipinski definition) is 5. The number of allylic oxidation sites excluding steroid dienone is 1. The number of carbonyl (C=O) groups is 3. The summed E-state index contributed by atoms with van der Waals surface area (Å²) >= 11 is 0. The molecule has 0 heterocycles. The van der Waals surface area contributed by atoms with Crippen LogP contribution in [0.5, 0.6) is 0 Å². The van der Waals surface area contributed by atoms with Crippen molar-refractivity contribution in [2.45, 2.75) is 97.0 Å². The van der Waals surface area contributed by atoms with E-state index in [1.54, 1.807) is 6.92 Å². The molecule has 5 nitrogen and oxygen atoms in total. The Morgan fingerprint density at radius 3 is 2.43 bits per heavy atom. The van der Waals surface area contributed by atoms with Crippen molar-refractivity contribution in [2.24, 2.45) is 29.1 Å². The first-order chi connectivity index (χ1) is 17.3. The molecule has 0 amide bonds. The number of rotatable bonds is 6. The maximum absolute atomic E-state index is 12.6. The van der Waals surface area contributed by atoms with Gasteiger partial charge in [0.1, 0.15) is 6.10 Å². The minimum atomic E-state index is -0.961. The van der Waals surface area contributed by atoms with E-state index in [-0.39, 0.29) is 53.5 Å². The van der Waals surface area contributed by atoms with Crippen LogP contribution in [0, 0.1) is 29.1 Å². The van der Waals surface area contributed by atoms with Crippen molar-refractivity contribution >= 4 is 17.7 Å². The van der Waals surface area contributed by atoms with Gasteiger partial charge in [-0.3, -0.25) is 9.59 Å². The van der Waals surface area contributed by atoms with E-state index in [0.29, 0.717) is 30.5 Å². The molecule has 0 unspecified atom stereocenters. The second-order valence-corrected chi connectivity index (χ2v) is 11.5. The van der Waals surface area contributed by atoms with E-state index in [4.69, 9.17) is 4.74 Å². The third-order valence-corrected chi connectivity index (χ3v) is 9.40. The van der Waals surface area contributed by atoms with Gasteiger partial charge in [-0.25, -0.2) is 0 Å². The standard InChI is InChI=1S/C27H34O3.C4H8O2.Na/c1-27-16-15-22-21-11-9-20(28)17-19(21)8-10-23(22)24(27)12-13-25(27)30-26(29)14-7-18-5-3-2-4-6-18;1-2-3-4(5)6;/h2-6,17,21-25H,7-16H2,1H3;2-3H2,1H3,(H,5,6);/q;;+1/p-1/t21-,22+,23+,24-,25-,27-;;/m0../s1. The number of hydrogen-bond donors (Lipinski definition) is 0. The molecule has 0 aliphatic heterocycles. The largest absolute Gasteiger partial charge is 1.00 e. The predicted molar refractivity (Wildman–Crippen MR) is 137 cm³/mol. The van der Waals surface area contributed by atoms with Gasteiger partial charge in [-0.15, -0.1) is 0 Å². The van der Waals surface area contributed by atoms with E-state index in [9.17, 15) is 19.5 Å². The molecular weight excluding hydrogens is 475 g/mol. The van der Waals surface area contributed by atoms with E-state index >= 15 is 0 Å². The summed E-state index contributed by atoms with van der Waals surface area (Å²) in [5.74, 6) is 2.13. The summed E-state index contributed by atoms with van der Waals surface area (Å²) in [4.78, 5) is 34.0. The van der Waals surface area contributed by atoms with Gasteiger partial charge in [-0.2, -0.15) is 0 Å². The van der Waals surface area contributed by atoms with Crippen LogP contribution in [0.4, 0.5) is 0 Å². The number of ether oxygens (including phenoxy) is 1. The van der Waals surface area contributed by atoms with Crippen molar-refractivity contribution in [3.05, 3.63) is 47.5 Å². The number of aryl methyl sites for hydroxylation is 1. The van der Waals surface area contributed by atoms with Crippen molar-refractivity contribution in [3.63, 3.8) is 0 Å². The van der Waals surface area contributed by atoms with Crippen LogP contribution < -0.4 is 34.7 Å². The maximum Gasteiger partial charge on any atom is 1.00 e. The van der Waals surface area contributed by atoms with E-state index in [1.807, 2.05) is 24.3 Å². The molecule has 0 bridgehead atoms. The molecule has 0 spiro atoms. The summed E-state index contributed by atoms with van der Waals surface area (Å²) < 4.78 is 6.11. The molecule has 3 fully saturated rings. The molecule has 196 valence electrons. The number of carbonyl (C=O) groups excluding carboxylic acids is 3. The Morgan fingerprint density at radius 1 is 1.00 bits per heavy atom. The van der Waals surface area contributed by atoms with Gasteiger partial charge in [0.25, 0.3) is 0 Å². The molecule has 5 rings (SSSR count). The summed E-state index contributed by atoms with van der Waals surface area (Å²) in [5, 5.41) is 9.49. The number of ketones is 1. The number of carboxylic acid groups (broad SMARTS) is 1. The monoisotopic (exact) mass is 516 g/mol. The Labute approximate surface area is 244 Å². The Bertz CT molecular complexity index is 973. The molecule has 6 heteroatoms. The van der Waals surface area contributed by atoms with Crippen molar-refractivity contribution in [3.8, 4) is 0 Å². The van der Waals surface area contributed by atoms with Gasteiger partial charge >= 0.3 is 35.5 Å². The Kier molecular flexibility index (Phi) is 11.0. The number of esters is 1. The van der Waals surface area contributed by atoms with Crippen LogP contribution >= 0.6 is 0 Å². The zero-order chi connectivity index (χ0) is 25.7. The molecule has 0 saturated heterocycles. The minimum absolute atomic E-state index is 0. The van der Waals surface area contributed by atoms with Gasteiger partial charge in [0.2, 0.25) is 0 Å². The van der Waals surface area contributed by atoms with Crippen LogP contribution in [0.3, 0.4) is 0 Å². The summed E-state index contributed by atoms with van der Waals surface area (Å²) in [7, 11) is 0. The summed E-state index contributed by atoms with van der Waals surface area (Å²) in [5.41, 5.74) is 2.77. The molecule has 0 N–H and O–H groups in total. The fourth-order valence-electron chi connectivity index (χ4n) is 7.64. The Morgan fingerprint density at radius 2 is 1.76 bits per heavy atom. The van der Waals surface area contributed by atoms with E-state index < -0.39 is 5.97 Å². The number of benzene rings is 1.